The van der Waals surface area contributed by atoms with E-state index in [2.05, 4.69) is 15.9 Å². The van der Waals surface area contributed by atoms with Crippen LogP contribution in [0.2, 0.25) is 0 Å². The van der Waals surface area contributed by atoms with Crippen LogP contribution in [0, 0.1) is 13.8 Å². The van der Waals surface area contributed by atoms with E-state index in [0.717, 1.165) is 19.9 Å². The zero-order chi connectivity index (χ0) is 18.6. The first-order valence-corrected chi connectivity index (χ1v) is 10.00. The predicted octanol–water partition coefficient (Wildman–Crippen LogP) is 3.82. The van der Waals surface area contributed by atoms with Gasteiger partial charge in [-0.15, -0.1) is 0 Å². The number of esters is 1. The van der Waals surface area contributed by atoms with Gasteiger partial charge in [0.1, 0.15) is 6.54 Å². The lowest BCUT2D eigenvalue weighted by atomic mass is 10.1. The maximum Gasteiger partial charge on any atom is 0.326 e. The zero-order valence-corrected chi connectivity index (χ0v) is 16.7. The van der Waals surface area contributed by atoms with E-state index in [0.29, 0.717) is 5.69 Å². The van der Waals surface area contributed by atoms with E-state index in [1.807, 2.05) is 26.0 Å². The number of rotatable bonds is 6. The fourth-order valence-electron chi connectivity index (χ4n) is 2.44. The van der Waals surface area contributed by atoms with Crippen LogP contribution in [0.1, 0.15) is 18.1 Å². The van der Waals surface area contributed by atoms with E-state index in [1.54, 1.807) is 25.1 Å². The van der Waals surface area contributed by atoms with Gasteiger partial charge in [-0.05, 0) is 56.7 Å². The van der Waals surface area contributed by atoms with Crippen molar-refractivity contribution >= 4 is 37.6 Å². The van der Waals surface area contributed by atoms with Crippen molar-refractivity contribution in [2.24, 2.45) is 0 Å². The number of aryl methyl sites for hydroxylation is 2. The van der Waals surface area contributed by atoms with Crippen molar-refractivity contribution in [1.29, 1.82) is 0 Å². The van der Waals surface area contributed by atoms with Crippen molar-refractivity contribution in [3.8, 4) is 0 Å². The second-order valence-corrected chi connectivity index (χ2v) is 8.34. The van der Waals surface area contributed by atoms with E-state index < -0.39 is 16.0 Å². The summed E-state index contributed by atoms with van der Waals surface area (Å²) in [5, 5.41) is 0. The van der Waals surface area contributed by atoms with Gasteiger partial charge in [-0.3, -0.25) is 9.10 Å². The number of nitrogens with zero attached hydrogens (tertiary/aromatic N) is 1. The van der Waals surface area contributed by atoms with Gasteiger partial charge in [0.05, 0.1) is 17.2 Å². The summed E-state index contributed by atoms with van der Waals surface area (Å²) in [5.74, 6) is -0.594. The van der Waals surface area contributed by atoms with Gasteiger partial charge in [-0.1, -0.05) is 33.6 Å². The molecule has 0 fully saturated rings. The number of hydrogen-bond donors (Lipinski definition) is 0. The molecule has 0 saturated carbocycles. The number of sulfonamides is 1. The average molecular weight is 426 g/mol. The monoisotopic (exact) mass is 425 g/mol. The van der Waals surface area contributed by atoms with E-state index in [4.69, 9.17) is 4.74 Å². The molecule has 0 aliphatic heterocycles. The van der Waals surface area contributed by atoms with Gasteiger partial charge < -0.3 is 4.74 Å². The number of benzene rings is 2. The molecule has 134 valence electrons. The highest BCUT2D eigenvalue weighted by Gasteiger charge is 2.28. The fraction of sp³-hybridized carbons (Fsp3) is 0.278. The lowest BCUT2D eigenvalue weighted by Crippen LogP contribution is -2.37. The normalized spacial score (nSPS) is 11.2. The maximum absolute atomic E-state index is 13.1. The van der Waals surface area contributed by atoms with E-state index in [9.17, 15) is 13.2 Å². The van der Waals surface area contributed by atoms with Crippen LogP contribution in [0.5, 0.6) is 0 Å². The Morgan fingerprint density at radius 3 is 2.32 bits per heavy atom. The average Bonchev–Trinajstić information content (AvgIpc) is 2.54. The first-order valence-electron chi connectivity index (χ1n) is 7.77. The number of hydrogen-bond acceptors (Lipinski definition) is 4. The summed E-state index contributed by atoms with van der Waals surface area (Å²) in [5.41, 5.74) is 2.24. The van der Waals surface area contributed by atoms with Crippen LogP contribution in [-0.4, -0.2) is 27.5 Å². The summed E-state index contributed by atoms with van der Waals surface area (Å²) in [6.45, 7) is 5.24. The Kier molecular flexibility index (Phi) is 6.24. The molecule has 25 heavy (non-hydrogen) atoms. The van der Waals surface area contributed by atoms with Crippen LogP contribution in [0.15, 0.2) is 51.8 Å². The van der Waals surface area contributed by atoms with Gasteiger partial charge in [-0.25, -0.2) is 8.42 Å². The second kappa shape index (κ2) is 8.01. The minimum Gasteiger partial charge on any atom is -0.465 e. The number of carbonyl (C=O) groups excluding carboxylic acids is 1. The van der Waals surface area contributed by atoms with Crippen molar-refractivity contribution in [2.75, 3.05) is 17.5 Å². The minimum absolute atomic E-state index is 0.111. The van der Waals surface area contributed by atoms with E-state index >= 15 is 0 Å². The molecule has 0 aliphatic rings. The number of halogens is 1. The van der Waals surface area contributed by atoms with Crippen molar-refractivity contribution in [3.05, 3.63) is 58.1 Å². The Morgan fingerprint density at radius 2 is 1.76 bits per heavy atom. The Labute approximate surface area is 156 Å². The first-order chi connectivity index (χ1) is 11.8. The number of ether oxygens (including phenoxy) is 1. The molecule has 0 N–H and O–H groups in total. The number of carbonyl (C=O) groups is 1. The molecule has 0 heterocycles. The van der Waals surface area contributed by atoms with Gasteiger partial charge in [0.15, 0.2) is 0 Å². The molecule has 2 rings (SSSR count). The molecule has 0 radical (unpaired) electrons. The summed E-state index contributed by atoms with van der Waals surface area (Å²) >= 11 is 3.29. The van der Waals surface area contributed by atoms with Crippen molar-refractivity contribution in [2.45, 2.75) is 25.7 Å². The van der Waals surface area contributed by atoms with Gasteiger partial charge in [-0.2, -0.15) is 0 Å². The third kappa shape index (κ3) is 4.61. The molecule has 0 amide bonds. The van der Waals surface area contributed by atoms with Crippen molar-refractivity contribution in [1.82, 2.24) is 0 Å². The van der Waals surface area contributed by atoms with Gasteiger partial charge >= 0.3 is 5.97 Å². The lowest BCUT2D eigenvalue weighted by Gasteiger charge is -2.25. The summed E-state index contributed by atoms with van der Waals surface area (Å²) < 4.78 is 33.1. The molecular formula is C18H20BrNO4S. The molecule has 7 heteroatoms. The molecular weight excluding hydrogens is 406 g/mol. The molecule has 2 aromatic rings. The molecule has 0 spiro atoms. The Bertz CT molecular complexity index is 863. The van der Waals surface area contributed by atoms with Gasteiger partial charge in [0.25, 0.3) is 10.0 Å². The Morgan fingerprint density at radius 1 is 1.12 bits per heavy atom. The highest BCUT2D eigenvalue weighted by molar-refractivity contribution is 9.10. The third-order valence-electron chi connectivity index (χ3n) is 3.60. The van der Waals surface area contributed by atoms with Crippen molar-refractivity contribution in [3.63, 3.8) is 0 Å². The zero-order valence-electron chi connectivity index (χ0n) is 14.3. The summed E-state index contributed by atoms with van der Waals surface area (Å²) in [6.07, 6.45) is 0. The van der Waals surface area contributed by atoms with Crippen LogP contribution in [0.4, 0.5) is 5.69 Å². The molecule has 5 nitrogen and oxygen atoms in total. The molecule has 0 aliphatic carbocycles. The SMILES string of the molecule is CCOC(=O)CN(c1ccc(C)cc1C)S(=O)(=O)c1ccc(Br)cc1. The second-order valence-electron chi connectivity index (χ2n) is 5.56. The lowest BCUT2D eigenvalue weighted by molar-refractivity contribution is -0.141. The summed E-state index contributed by atoms with van der Waals surface area (Å²) in [4.78, 5) is 12.1. The van der Waals surface area contributed by atoms with Crippen molar-refractivity contribution < 1.29 is 17.9 Å². The smallest absolute Gasteiger partial charge is 0.326 e. The summed E-state index contributed by atoms with van der Waals surface area (Å²) in [6, 6.07) is 11.7. The van der Waals surface area contributed by atoms with Crippen LogP contribution in [-0.2, 0) is 19.6 Å². The fourth-order valence-corrected chi connectivity index (χ4v) is 4.18. The predicted molar refractivity (Wildman–Crippen MR) is 101 cm³/mol. The highest BCUT2D eigenvalue weighted by Crippen LogP contribution is 2.28. The molecule has 0 bridgehead atoms. The molecule has 0 aromatic heterocycles. The van der Waals surface area contributed by atoms with Gasteiger partial charge in [0, 0.05) is 4.47 Å². The quantitative estimate of drug-likeness (QED) is 0.659. The molecule has 0 saturated heterocycles. The first kappa shape index (κ1) is 19.5. The molecule has 2 aromatic carbocycles. The Hall–Kier alpha value is -1.86. The molecule has 0 atom stereocenters. The minimum atomic E-state index is -3.91. The number of anilines is 1. The van der Waals surface area contributed by atoms with Crippen LogP contribution in [0.25, 0.3) is 0 Å². The maximum atomic E-state index is 13.1. The Balaban J connectivity index is 2.53. The van der Waals surface area contributed by atoms with E-state index in [-0.39, 0.29) is 18.0 Å². The standard InChI is InChI=1S/C18H20BrNO4S/c1-4-24-18(21)12-20(17-10-5-13(2)11-14(17)3)25(22,23)16-8-6-15(19)7-9-16/h5-11H,4,12H2,1-3H3. The van der Waals surface area contributed by atoms with Crippen LogP contribution in [0.3, 0.4) is 0 Å². The third-order valence-corrected chi connectivity index (χ3v) is 5.90. The van der Waals surface area contributed by atoms with Gasteiger partial charge in [0.2, 0.25) is 0 Å². The summed E-state index contributed by atoms with van der Waals surface area (Å²) in [7, 11) is -3.91. The topological polar surface area (TPSA) is 63.7 Å². The van der Waals surface area contributed by atoms with Crippen LogP contribution < -0.4 is 4.31 Å². The van der Waals surface area contributed by atoms with Crippen LogP contribution >= 0.6 is 15.9 Å². The largest absolute Gasteiger partial charge is 0.465 e. The molecule has 0 unspecified atom stereocenters. The highest BCUT2D eigenvalue weighted by atomic mass is 79.9. The van der Waals surface area contributed by atoms with E-state index in [1.165, 1.54) is 12.1 Å².